The van der Waals surface area contributed by atoms with Gasteiger partial charge in [0.2, 0.25) is 0 Å². The normalized spacial score (nSPS) is 12.0. The van der Waals surface area contributed by atoms with Gasteiger partial charge in [-0.05, 0) is 55.8 Å². The lowest BCUT2D eigenvalue weighted by atomic mass is 10.1. The Kier molecular flexibility index (Phi) is 7.03. The molecule has 1 aromatic heterocycles. The predicted octanol–water partition coefficient (Wildman–Crippen LogP) is 6.41. The highest BCUT2D eigenvalue weighted by Crippen LogP contribution is 2.37. The molecule has 0 saturated heterocycles. The van der Waals surface area contributed by atoms with Gasteiger partial charge in [0, 0.05) is 5.56 Å². The van der Waals surface area contributed by atoms with Gasteiger partial charge in [-0.2, -0.15) is 22.9 Å². The van der Waals surface area contributed by atoms with Crippen LogP contribution in [-0.2, 0) is 6.18 Å². The van der Waals surface area contributed by atoms with Crippen LogP contribution >= 0.6 is 11.6 Å². The van der Waals surface area contributed by atoms with Gasteiger partial charge < -0.3 is 9.47 Å². The summed E-state index contributed by atoms with van der Waals surface area (Å²) >= 11 is 6.38. The standard InChI is InChI=1S/C26H21ClF3N3O3/c1-15(2)36-23-20(27)11-16(12-22(23)35-3)14-31-33-24(17-7-6-8-18(13-17)26(28,29)30)32-21-10-5-4-9-19(21)25(33)34/h4-15H,1-3H3. The third-order valence-electron chi connectivity index (χ3n) is 5.13. The molecule has 0 spiro atoms. The smallest absolute Gasteiger partial charge is 0.416 e. The van der Waals surface area contributed by atoms with Crippen LogP contribution in [0.4, 0.5) is 13.2 Å². The number of hydrogen-bond donors (Lipinski definition) is 0. The first-order valence-corrected chi connectivity index (χ1v) is 11.2. The van der Waals surface area contributed by atoms with Crippen molar-refractivity contribution in [2.75, 3.05) is 7.11 Å². The van der Waals surface area contributed by atoms with Crippen LogP contribution in [0, 0.1) is 0 Å². The SMILES string of the molecule is COc1cc(C=Nn2c(-c3cccc(C(F)(F)F)c3)nc3ccccc3c2=O)cc(Cl)c1OC(C)C. The number of aromatic nitrogens is 2. The zero-order valence-corrected chi connectivity index (χ0v) is 20.3. The van der Waals surface area contributed by atoms with Crippen molar-refractivity contribution in [3.8, 4) is 22.9 Å². The Hall–Kier alpha value is -3.85. The zero-order chi connectivity index (χ0) is 26.0. The number of para-hydroxylation sites is 1. The van der Waals surface area contributed by atoms with E-state index in [9.17, 15) is 18.0 Å². The fraction of sp³-hybridized carbons (Fsp3) is 0.192. The maximum atomic E-state index is 13.4. The molecule has 4 aromatic rings. The van der Waals surface area contributed by atoms with E-state index in [-0.39, 0.29) is 27.9 Å². The molecule has 0 atom stereocenters. The second-order valence-corrected chi connectivity index (χ2v) is 8.50. The van der Waals surface area contributed by atoms with Crippen molar-refractivity contribution in [3.05, 3.63) is 87.2 Å². The third kappa shape index (κ3) is 5.21. The van der Waals surface area contributed by atoms with Gasteiger partial charge in [-0.3, -0.25) is 4.79 Å². The zero-order valence-electron chi connectivity index (χ0n) is 19.5. The minimum Gasteiger partial charge on any atom is -0.493 e. The molecule has 0 fully saturated rings. The second-order valence-electron chi connectivity index (χ2n) is 8.09. The number of ether oxygens (including phenoxy) is 2. The molecule has 4 rings (SSSR count). The summed E-state index contributed by atoms with van der Waals surface area (Å²) in [5, 5.41) is 4.82. The van der Waals surface area contributed by atoms with E-state index in [0.717, 1.165) is 16.8 Å². The van der Waals surface area contributed by atoms with Gasteiger partial charge in [-0.25, -0.2) is 4.98 Å². The Labute approximate surface area is 209 Å². The first kappa shape index (κ1) is 25.2. The summed E-state index contributed by atoms with van der Waals surface area (Å²) in [5.74, 6) is 0.680. The molecule has 0 saturated carbocycles. The quantitative estimate of drug-likeness (QED) is 0.278. The third-order valence-corrected chi connectivity index (χ3v) is 5.41. The Balaban J connectivity index is 1.88. The average Bonchev–Trinajstić information content (AvgIpc) is 2.84. The summed E-state index contributed by atoms with van der Waals surface area (Å²) in [6.07, 6.45) is -3.36. The number of nitrogens with zero attached hydrogens (tertiary/aromatic N) is 3. The fourth-order valence-electron chi connectivity index (χ4n) is 3.54. The Morgan fingerprint density at radius 2 is 1.83 bits per heavy atom. The molecule has 36 heavy (non-hydrogen) atoms. The van der Waals surface area contributed by atoms with E-state index in [4.69, 9.17) is 21.1 Å². The molecule has 186 valence electrons. The average molecular weight is 516 g/mol. The van der Waals surface area contributed by atoms with Gasteiger partial charge >= 0.3 is 6.18 Å². The van der Waals surface area contributed by atoms with Gasteiger partial charge in [-0.15, -0.1) is 0 Å². The topological polar surface area (TPSA) is 65.7 Å². The van der Waals surface area contributed by atoms with E-state index in [2.05, 4.69) is 10.1 Å². The number of halogens is 4. The first-order chi connectivity index (χ1) is 17.1. The van der Waals surface area contributed by atoms with Crippen molar-refractivity contribution in [2.24, 2.45) is 5.10 Å². The van der Waals surface area contributed by atoms with E-state index in [0.29, 0.717) is 22.6 Å². The number of alkyl halides is 3. The predicted molar refractivity (Wildman–Crippen MR) is 133 cm³/mol. The number of fused-ring (bicyclic) bond motifs is 1. The number of benzene rings is 3. The second kappa shape index (κ2) is 10.0. The van der Waals surface area contributed by atoms with E-state index in [1.165, 1.54) is 25.5 Å². The molecule has 6 nitrogen and oxygen atoms in total. The van der Waals surface area contributed by atoms with Crippen LogP contribution in [0.5, 0.6) is 11.5 Å². The van der Waals surface area contributed by atoms with Gasteiger partial charge in [0.1, 0.15) is 0 Å². The molecular weight excluding hydrogens is 495 g/mol. The highest BCUT2D eigenvalue weighted by Gasteiger charge is 2.31. The van der Waals surface area contributed by atoms with Gasteiger partial charge in [0.25, 0.3) is 5.56 Å². The summed E-state index contributed by atoms with van der Waals surface area (Å²) in [7, 11) is 1.46. The number of hydrogen-bond acceptors (Lipinski definition) is 5. The molecule has 1 heterocycles. The molecule has 10 heteroatoms. The maximum Gasteiger partial charge on any atom is 0.416 e. The monoisotopic (exact) mass is 515 g/mol. The van der Waals surface area contributed by atoms with Gasteiger partial charge in [-0.1, -0.05) is 35.9 Å². The molecule has 0 aliphatic heterocycles. The van der Waals surface area contributed by atoms with Crippen LogP contribution < -0.4 is 15.0 Å². The molecular formula is C26H21ClF3N3O3. The summed E-state index contributed by atoms with van der Waals surface area (Å²) in [5.41, 5.74) is -0.511. The van der Waals surface area contributed by atoms with Crippen LogP contribution in [0.1, 0.15) is 25.0 Å². The van der Waals surface area contributed by atoms with Crippen LogP contribution in [0.3, 0.4) is 0 Å². The van der Waals surface area contributed by atoms with E-state index < -0.39 is 17.3 Å². The largest absolute Gasteiger partial charge is 0.493 e. The molecule has 0 bridgehead atoms. The van der Waals surface area contributed by atoms with Gasteiger partial charge in [0.15, 0.2) is 17.3 Å². The van der Waals surface area contributed by atoms with Crippen molar-refractivity contribution in [1.29, 1.82) is 0 Å². The van der Waals surface area contributed by atoms with Crippen LogP contribution in [0.2, 0.25) is 5.02 Å². The molecule has 0 aliphatic carbocycles. The Bertz CT molecular complexity index is 1510. The number of rotatable bonds is 6. The van der Waals surface area contributed by atoms with Crippen molar-refractivity contribution >= 4 is 28.7 Å². The molecule has 0 N–H and O–H groups in total. The minimum absolute atomic E-state index is 0.0427. The highest BCUT2D eigenvalue weighted by molar-refractivity contribution is 6.32. The van der Waals surface area contributed by atoms with E-state index >= 15 is 0 Å². The lowest BCUT2D eigenvalue weighted by Gasteiger charge is -2.15. The molecule has 0 radical (unpaired) electrons. The van der Waals surface area contributed by atoms with Crippen molar-refractivity contribution in [3.63, 3.8) is 0 Å². The van der Waals surface area contributed by atoms with Crippen molar-refractivity contribution < 1.29 is 22.6 Å². The Morgan fingerprint density at radius 3 is 2.53 bits per heavy atom. The van der Waals surface area contributed by atoms with Crippen molar-refractivity contribution in [1.82, 2.24) is 9.66 Å². The van der Waals surface area contributed by atoms with Crippen LogP contribution in [0.25, 0.3) is 22.3 Å². The summed E-state index contributed by atoms with van der Waals surface area (Å²) in [6.45, 7) is 3.69. The lowest BCUT2D eigenvalue weighted by Crippen LogP contribution is -2.20. The first-order valence-electron chi connectivity index (χ1n) is 10.9. The van der Waals surface area contributed by atoms with Gasteiger partial charge in [0.05, 0.1) is 40.9 Å². The highest BCUT2D eigenvalue weighted by atomic mass is 35.5. The molecule has 0 aliphatic rings. The Morgan fingerprint density at radius 1 is 1.08 bits per heavy atom. The number of methoxy groups -OCH3 is 1. The van der Waals surface area contributed by atoms with E-state index in [1.807, 2.05) is 13.8 Å². The fourth-order valence-corrected chi connectivity index (χ4v) is 3.80. The van der Waals surface area contributed by atoms with Crippen LogP contribution in [0.15, 0.2) is 70.6 Å². The molecule has 3 aromatic carbocycles. The summed E-state index contributed by atoms with van der Waals surface area (Å²) in [6, 6.07) is 14.3. The maximum absolute atomic E-state index is 13.4. The molecule has 0 amide bonds. The van der Waals surface area contributed by atoms with E-state index in [1.54, 1.807) is 36.4 Å². The summed E-state index contributed by atoms with van der Waals surface area (Å²) in [4.78, 5) is 17.8. The lowest BCUT2D eigenvalue weighted by molar-refractivity contribution is -0.137. The molecule has 0 unspecified atom stereocenters. The van der Waals surface area contributed by atoms with Crippen molar-refractivity contribution in [2.45, 2.75) is 26.1 Å². The van der Waals surface area contributed by atoms with Crippen LogP contribution in [-0.4, -0.2) is 29.1 Å². The minimum atomic E-state index is -4.56. The summed E-state index contributed by atoms with van der Waals surface area (Å²) < 4.78 is 52.1.